The Kier molecular flexibility index (Phi) is 20.2. The molecule has 5 rings (SSSR count). The Balaban J connectivity index is 0.000000878. The van der Waals surface area contributed by atoms with Gasteiger partial charge in [0.15, 0.2) is 0 Å². The van der Waals surface area contributed by atoms with E-state index in [1.807, 2.05) is 40.8 Å². The second kappa shape index (κ2) is 22.3. The summed E-state index contributed by atoms with van der Waals surface area (Å²) in [6.45, 7) is 31.7. The van der Waals surface area contributed by atoms with Crippen LogP contribution in [0.15, 0.2) is 64.5 Å². The van der Waals surface area contributed by atoms with Crippen LogP contribution in [0, 0.1) is 0 Å². The normalized spacial score (nSPS) is 21.5. The van der Waals surface area contributed by atoms with Crippen LogP contribution in [0.1, 0.15) is 84.8 Å². The molecule has 261 valence electrons. The van der Waals surface area contributed by atoms with Crippen molar-refractivity contribution < 1.29 is 22.4 Å². The first-order chi connectivity index (χ1) is 22.3. The number of anilines is 1. The van der Waals surface area contributed by atoms with Gasteiger partial charge >= 0.3 is 0 Å². The Morgan fingerprint density at radius 3 is 2.13 bits per heavy atom. The molecule has 7 nitrogen and oxygen atoms in total. The molecule has 1 radical (unpaired) electrons. The molecule has 8 heteroatoms. The summed E-state index contributed by atoms with van der Waals surface area (Å²) in [6.07, 6.45) is 10.0. The Labute approximate surface area is 304 Å². The largest absolute Gasteiger partial charge is 0.657 e. The minimum atomic E-state index is 0. The maximum Gasteiger partial charge on any atom is 0.132 e. The molecule has 4 heterocycles. The summed E-state index contributed by atoms with van der Waals surface area (Å²) in [7, 11) is 6.24. The fraction of sp³-hybridized carbons (Fsp3) is 0.590. The third kappa shape index (κ3) is 11.6. The number of hydrogen-bond acceptors (Lipinski definition) is 6. The summed E-state index contributed by atoms with van der Waals surface area (Å²) in [5.41, 5.74) is 8.42. The smallest absolute Gasteiger partial charge is 0.132 e. The van der Waals surface area contributed by atoms with Crippen molar-refractivity contribution in [1.82, 2.24) is 14.7 Å². The summed E-state index contributed by atoms with van der Waals surface area (Å²) >= 11 is 0. The van der Waals surface area contributed by atoms with Gasteiger partial charge in [0.05, 0.1) is 12.3 Å². The van der Waals surface area contributed by atoms with E-state index in [-0.39, 0.29) is 22.4 Å². The van der Waals surface area contributed by atoms with Crippen LogP contribution in [0.2, 0.25) is 0 Å². The Bertz CT molecular complexity index is 1220. The topological polar surface area (TPSA) is 51.8 Å². The molecule has 0 bridgehead atoms. The van der Waals surface area contributed by atoms with Crippen molar-refractivity contribution in [2.75, 3.05) is 71.9 Å². The number of nitrogens with zero attached hydrogens (tertiary/aromatic N) is 7. The average Bonchev–Trinajstić information content (AvgIpc) is 3.87. The number of piperidine rings is 2. The molecule has 47 heavy (non-hydrogen) atoms. The zero-order valence-corrected chi connectivity index (χ0v) is 34.4. The number of likely N-dealkylation sites (N-methyl/N-ethyl adjacent to an activating group) is 1. The SMILES string of the molecule is C=Cc1cccc(N2CC/C(=C(/N=C)N3CCC(N(C)C(=C)C4C[N-]4)CC3)C(=NC)C2)c1/C(C)=C\C.CC.CC.CN1CCCC1.[Ta]. The van der Waals surface area contributed by atoms with Crippen LogP contribution in [0.25, 0.3) is 17.0 Å². The first-order valence-corrected chi connectivity index (χ1v) is 17.6. The molecule has 0 N–H and O–H groups in total. The standard InChI is InChI=1S/C30H41N6.C5H11N.2C2H6.Ta/c1-8-21(3)29-23(9-2)11-10-12-28(29)36-18-15-25(27(20-36)31-5)30(32-6)35-16-13-24(14-17-35)34(7)22(4)26-19-33-26;1-6-4-2-3-5-6;2*1-2;/h8-12,24,26H,2,4,6,13-20H2,1,3,5,7H3;2-5H2,1H3;2*1-2H3;/q-1;;;;/b21-8-,30-25+,31-27?;;;;. The molecule has 4 fully saturated rings. The van der Waals surface area contributed by atoms with E-state index in [0.717, 1.165) is 69.2 Å². The predicted molar refractivity (Wildman–Crippen MR) is 206 cm³/mol. The zero-order valence-electron chi connectivity index (χ0n) is 31.2. The van der Waals surface area contributed by atoms with Crippen molar-refractivity contribution in [2.45, 2.75) is 85.7 Å². The molecule has 1 aromatic rings. The van der Waals surface area contributed by atoms with Crippen molar-refractivity contribution in [3.63, 3.8) is 0 Å². The monoisotopic (exact) mass is 811 g/mol. The van der Waals surface area contributed by atoms with Gasteiger partial charge in [-0.3, -0.25) is 4.99 Å². The predicted octanol–water partition coefficient (Wildman–Crippen LogP) is 8.37. The molecule has 4 aliphatic rings. The Morgan fingerprint density at radius 1 is 1.04 bits per heavy atom. The van der Waals surface area contributed by atoms with Crippen molar-refractivity contribution in [1.29, 1.82) is 0 Å². The van der Waals surface area contributed by atoms with E-state index in [0.29, 0.717) is 12.1 Å². The first-order valence-electron chi connectivity index (χ1n) is 17.6. The molecule has 0 spiro atoms. The number of likely N-dealkylation sites (tertiary alicyclic amines) is 2. The van der Waals surface area contributed by atoms with Crippen LogP contribution in [0.5, 0.6) is 0 Å². The second-order valence-electron chi connectivity index (χ2n) is 11.9. The minimum absolute atomic E-state index is 0. The third-order valence-electron chi connectivity index (χ3n) is 9.32. The van der Waals surface area contributed by atoms with Crippen molar-refractivity contribution in [3.8, 4) is 0 Å². The van der Waals surface area contributed by atoms with E-state index in [4.69, 9.17) is 4.99 Å². The van der Waals surface area contributed by atoms with Gasteiger partial charge in [-0.25, -0.2) is 4.99 Å². The molecule has 0 aromatic heterocycles. The van der Waals surface area contributed by atoms with Gasteiger partial charge < -0.3 is 24.9 Å². The van der Waals surface area contributed by atoms with Crippen molar-refractivity contribution in [3.05, 3.63) is 71.0 Å². The molecular formula is C39H64N7Ta-. The summed E-state index contributed by atoms with van der Waals surface area (Å²) in [5, 5.41) is 4.40. The Morgan fingerprint density at radius 2 is 1.66 bits per heavy atom. The van der Waals surface area contributed by atoms with Crippen molar-refractivity contribution in [2.24, 2.45) is 9.98 Å². The zero-order chi connectivity index (χ0) is 34.2. The van der Waals surface area contributed by atoms with Crippen LogP contribution in [-0.2, 0) is 22.4 Å². The van der Waals surface area contributed by atoms with E-state index in [1.54, 1.807) is 0 Å². The van der Waals surface area contributed by atoms with Crippen LogP contribution >= 0.6 is 0 Å². The van der Waals surface area contributed by atoms with E-state index >= 15 is 0 Å². The Hall–Kier alpha value is -2.42. The number of rotatable bonds is 8. The van der Waals surface area contributed by atoms with Gasteiger partial charge in [-0.1, -0.05) is 65.1 Å². The number of allylic oxidation sites excluding steroid dienone is 2. The number of aliphatic imine (C=N–C) groups is 2. The summed E-state index contributed by atoms with van der Waals surface area (Å²) < 4.78 is 0. The van der Waals surface area contributed by atoms with Gasteiger partial charge in [-0.05, 0) is 95.7 Å². The van der Waals surface area contributed by atoms with Gasteiger partial charge in [0.25, 0.3) is 0 Å². The van der Waals surface area contributed by atoms with Gasteiger partial charge in [0.2, 0.25) is 0 Å². The van der Waals surface area contributed by atoms with Gasteiger partial charge in [0.1, 0.15) is 5.82 Å². The van der Waals surface area contributed by atoms with Gasteiger partial charge in [-0.2, -0.15) is 6.54 Å². The molecule has 0 aliphatic carbocycles. The maximum atomic E-state index is 4.74. The minimum Gasteiger partial charge on any atom is -0.657 e. The van der Waals surface area contributed by atoms with Crippen LogP contribution in [0.4, 0.5) is 5.69 Å². The van der Waals surface area contributed by atoms with E-state index in [1.165, 1.54) is 53.9 Å². The molecule has 1 aromatic carbocycles. The molecule has 1 atom stereocenters. The van der Waals surface area contributed by atoms with E-state index in [2.05, 4.69) is 102 Å². The number of benzene rings is 1. The molecule has 1 unspecified atom stereocenters. The van der Waals surface area contributed by atoms with E-state index in [9.17, 15) is 0 Å². The van der Waals surface area contributed by atoms with Crippen LogP contribution in [-0.4, -0.2) is 106 Å². The molecule has 4 aliphatic heterocycles. The molecule has 0 saturated carbocycles. The van der Waals surface area contributed by atoms with Gasteiger partial charge in [-0.15, -0.1) is 6.04 Å². The van der Waals surface area contributed by atoms with Crippen LogP contribution in [0.3, 0.4) is 0 Å². The molecular weight excluding hydrogens is 747 g/mol. The quantitative estimate of drug-likeness (QED) is 0.196. The molecule has 4 saturated heterocycles. The van der Waals surface area contributed by atoms with Crippen LogP contribution < -0.4 is 4.90 Å². The molecule has 0 amide bonds. The first kappa shape index (κ1) is 42.6. The van der Waals surface area contributed by atoms with E-state index < -0.39 is 0 Å². The number of hydrogen-bond donors (Lipinski definition) is 0. The average molecular weight is 812 g/mol. The van der Waals surface area contributed by atoms with Gasteiger partial charge in [0, 0.05) is 79.0 Å². The summed E-state index contributed by atoms with van der Waals surface area (Å²) in [4.78, 5) is 18.8. The summed E-state index contributed by atoms with van der Waals surface area (Å²) in [6, 6.07) is 7.33. The maximum absolute atomic E-state index is 4.74. The fourth-order valence-electron chi connectivity index (χ4n) is 6.42. The third-order valence-corrected chi connectivity index (χ3v) is 9.32. The summed E-state index contributed by atoms with van der Waals surface area (Å²) in [5.74, 6) is 1.01. The second-order valence-corrected chi connectivity index (χ2v) is 11.9. The fourth-order valence-corrected chi connectivity index (χ4v) is 6.42. The van der Waals surface area contributed by atoms with Crippen molar-refractivity contribution >= 4 is 29.8 Å².